The molecule has 2 N–H and O–H groups in total. The Morgan fingerprint density at radius 1 is 1.10 bits per heavy atom. The molecule has 6 heteroatoms. The van der Waals surface area contributed by atoms with Crippen LogP contribution in [0, 0.1) is 0 Å². The molecule has 2 aliphatic rings. The van der Waals surface area contributed by atoms with Gasteiger partial charge in [-0.15, -0.1) is 0 Å². The van der Waals surface area contributed by atoms with E-state index in [0.717, 1.165) is 38.0 Å². The lowest BCUT2D eigenvalue weighted by Crippen LogP contribution is -2.39. The van der Waals surface area contributed by atoms with Crippen LogP contribution in [0.2, 0.25) is 0 Å². The van der Waals surface area contributed by atoms with Crippen LogP contribution in [0.25, 0.3) is 0 Å². The molecule has 0 radical (unpaired) electrons. The number of rotatable bonds is 5. The quantitative estimate of drug-likeness (QED) is 0.868. The number of piperidine rings is 1. The fourth-order valence-corrected chi connectivity index (χ4v) is 4.04. The summed E-state index contributed by atoms with van der Waals surface area (Å²) in [6, 6.07) is 7.66. The molecule has 2 fully saturated rings. The Kier molecular flexibility index (Phi) is 4.19. The molecule has 1 atom stereocenters. The summed E-state index contributed by atoms with van der Waals surface area (Å²) < 4.78 is 26.9. The zero-order chi connectivity index (χ0) is 14.9. The van der Waals surface area contributed by atoms with E-state index in [-0.39, 0.29) is 6.04 Å². The molecule has 1 aliphatic heterocycles. The second kappa shape index (κ2) is 5.94. The van der Waals surface area contributed by atoms with Gasteiger partial charge in [0.25, 0.3) is 0 Å². The SMILES string of the molecule is CN1CCCC(Nc2ccc(S(=O)(=O)NC3CC3)cc2)C1. The van der Waals surface area contributed by atoms with Crippen molar-refractivity contribution < 1.29 is 8.42 Å². The maximum absolute atomic E-state index is 12.1. The molecule has 5 nitrogen and oxygen atoms in total. The first-order valence-corrected chi connectivity index (χ1v) is 9.09. The number of hydrogen-bond donors (Lipinski definition) is 2. The number of hydrogen-bond acceptors (Lipinski definition) is 4. The number of anilines is 1. The Bertz CT molecular complexity index is 581. The molecule has 116 valence electrons. The third kappa shape index (κ3) is 3.96. The van der Waals surface area contributed by atoms with Gasteiger partial charge < -0.3 is 10.2 Å². The fourth-order valence-electron chi connectivity index (χ4n) is 2.74. The Morgan fingerprint density at radius 3 is 2.43 bits per heavy atom. The maximum Gasteiger partial charge on any atom is 0.240 e. The number of benzene rings is 1. The lowest BCUT2D eigenvalue weighted by Gasteiger charge is -2.30. The molecule has 0 spiro atoms. The summed E-state index contributed by atoms with van der Waals surface area (Å²) in [5.41, 5.74) is 0.987. The van der Waals surface area contributed by atoms with Crippen LogP contribution in [0.1, 0.15) is 25.7 Å². The van der Waals surface area contributed by atoms with Crippen molar-refractivity contribution in [1.29, 1.82) is 0 Å². The van der Waals surface area contributed by atoms with E-state index < -0.39 is 10.0 Å². The van der Waals surface area contributed by atoms with Gasteiger partial charge in [0.1, 0.15) is 0 Å². The van der Waals surface area contributed by atoms with Gasteiger partial charge in [0, 0.05) is 24.3 Å². The van der Waals surface area contributed by atoms with E-state index in [9.17, 15) is 8.42 Å². The molecule has 1 unspecified atom stereocenters. The van der Waals surface area contributed by atoms with Crippen LogP contribution >= 0.6 is 0 Å². The minimum absolute atomic E-state index is 0.144. The van der Waals surface area contributed by atoms with Crippen molar-refractivity contribution in [3.05, 3.63) is 24.3 Å². The van der Waals surface area contributed by atoms with Crippen molar-refractivity contribution in [2.75, 3.05) is 25.5 Å². The molecule has 1 aromatic carbocycles. The van der Waals surface area contributed by atoms with Crippen molar-refractivity contribution in [1.82, 2.24) is 9.62 Å². The molecule has 0 aromatic heterocycles. The highest BCUT2D eigenvalue weighted by Gasteiger charge is 2.27. The van der Waals surface area contributed by atoms with E-state index in [4.69, 9.17) is 0 Å². The summed E-state index contributed by atoms with van der Waals surface area (Å²) in [4.78, 5) is 2.67. The molecule has 1 heterocycles. The predicted molar refractivity (Wildman–Crippen MR) is 83.9 cm³/mol. The first-order valence-electron chi connectivity index (χ1n) is 7.60. The van der Waals surface area contributed by atoms with Gasteiger partial charge in [-0.25, -0.2) is 13.1 Å². The summed E-state index contributed by atoms with van der Waals surface area (Å²) >= 11 is 0. The first kappa shape index (κ1) is 14.8. The van der Waals surface area contributed by atoms with Crippen molar-refractivity contribution in [3.63, 3.8) is 0 Å². The zero-order valence-corrected chi connectivity index (χ0v) is 13.2. The van der Waals surface area contributed by atoms with Crippen LogP contribution in [-0.2, 0) is 10.0 Å². The Balaban J connectivity index is 1.63. The van der Waals surface area contributed by atoms with E-state index >= 15 is 0 Å². The van der Waals surface area contributed by atoms with E-state index in [2.05, 4.69) is 22.0 Å². The van der Waals surface area contributed by atoms with Crippen LogP contribution in [0.3, 0.4) is 0 Å². The minimum Gasteiger partial charge on any atom is -0.381 e. The molecule has 0 bridgehead atoms. The number of nitrogens with one attached hydrogen (secondary N) is 2. The molecule has 3 rings (SSSR count). The molecular formula is C15H23N3O2S. The first-order chi connectivity index (χ1) is 10.0. The number of likely N-dealkylation sites (tertiary alicyclic amines) is 1. The van der Waals surface area contributed by atoms with Gasteiger partial charge in [0.2, 0.25) is 10.0 Å². The second-order valence-corrected chi connectivity index (χ2v) is 7.88. The normalized spacial score (nSPS) is 24.0. The number of nitrogens with zero attached hydrogens (tertiary/aromatic N) is 1. The highest BCUT2D eigenvalue weighted by Crippen LogP contribution is 2.23. The van der Waals surface area contributed by atoms with Crippen LogP contribution in [0.15, 0.2) is 29.2 Å². The summed E-state index contributed by atoms with van der Waals surface area (Å²) in [6.45, 7) is 2.19. The van der Waals surface area contributed by atoms with E-state index in [1.54, 1.807) is 12.1 Å². The average Bonchev–Trinajstić information content (AvgIpc) is 3.23. The smallest absolute Gasteiger partial charge is 0.240 e. The maximum atomic E-state index is 12.1. The van der Waals surface area contributed by atoms with E-state index in [1.165, 1.54) is 6.42 Å². The van der Waals surface area contributed by atoms with Gasteiger partial charge >= 0.3 is 0 Å². The molecule has 1 saturated carbocycles. The molecular weight excluding hydrogens is 286 g/mol. The molecule has 0 amide bonds. The predicted octanol–water partition coefficient (Wildman–Crippen LogP) is 1.63. The lowest BCUT2D eigenvalue weighted by molar-refractivity contribution is 0.261. The fraction of sp³-hybridized carbons (Fsp3) is 0.600. The van der Waals surface area contributed by atoms with Crippen molar-refractivity contribution in [3.8, 4) is 0 Å². The number of likely N-dealkylation sites (N-methyl/N-ethyl adjacent to an activating group) is 1. The molecule has 21 heavy (non-hydrogen) atoms. The van der Waals surface area contributed by atoms with Gasteiger partial charge in [0.15, 0.2) is 0 Å². The van der Waals surface area contributed by atoms with Gasteiger partial charge in [-0.3, -0.25) is 0 Å². The van der Waals surface area contributed by atoms with Crippen LogP contribution in [0.4, 0.5) is 5.69 Å². The minimum atomic E-state index is -3.34. The standard InChI is InChI=1S/C15H23N3O2S/c1-18-10-2-3-14(11-18)16-12-6-8-15(9-7-12)21(19,20)17-13-4-5-13/h6-9,13-14,16-17H,2-5,10-11H2,1H3. The van der Waals surface area contributed by atoms with Gasteiger partial charge in [-0.1, -0.05) is 0 Å². The summed E-state index contributed by atoms with van der Waals surface area (Å²) in [6.07, 6.45) is 4.27. The molecule has 1 aromatic rings. The third-order valence-electron chi connectivity index (χ3n) is 4.06. The highest BCUT2D eigenvalue weighted by molar-refractivity contribution is 7.89. The summed E-state index contributed by atoms with van der Waals surface area (Å²) in [5.74, 6) is 0. The highest BCUT2D eigenvalue weighted by atomic mass is 32.2. The zero-order valence-electron chi connectivity index (χ0n) is 12.4. The lowest BCUT2D eigenvalue weighted by atomic mass is 10.1. The number of sulfonamides is 1. The Labute approximate surface area is 126 Å². The summed E-state index contributed by atoms with van der Waals surface area (Å²) in [7, 11) is -1.21. The summed E-state index contributed by atoms with van der Waals surface area (Å²) in [5, 5.41) is 3.49. The van der Waals surface area contributed by atoms with E-state index in [0.29, 0.717) is 10.9 Å². The Hall–Kier alpha value is -1.11. The third-order valence-corrected chi connectivity index (χ3v) is 5.60. The van der Waals surface area contributed by atoms with Crippen LogP contribution in [-0.4, -0.2) is 45.5 Å². The topological polar surface area (TPSA) is 61.4 Å². The largest absolute Gasteiger partial charge is 0.381 e. The Morgan fingerprint density at radius 2 is 1.81 bits per heavy atom. The van der Waals surface area contributed by atoms with Crippen molar-refractivity contribution >= 4 is 15.7 Å². The van der Waals surface area contributed by atoms with Gasteiger partial charge in [-0.2, -0.15) is 0 Å². The van der Waals surface area contributed by atoms with Crippen LogP contribution in [0.5, 0.6) is 0 Å². The van der Waals surface area contributed by atoms with Gasteiger partial charge in [-0.05, 0) is 63.5 Å². The van der Waals surface area contributed by atoms with Crippen molar-refractivity contribution in [2.24, 2.45) is 0 Å². The average molecular weight is 309 g/mol. The second-order valence-electron chi connectivity index (χ2n) is 6.17. The molecule has 1 aliphatic carbocycles. The van der Waals surface area contributed by atoms with Crippen LogP contribution < -0.4 is 10.0 Å². The monoisotopic (exact) mass is 309 g/mol. The van der Waals surface area contributed by atoms with Crippen molar-refractivity contribution in [2.45, 2.75) is 42.7 Å². The molecule has 1 saturated heterocycles. The van der Waals surface area contributed by atoms with E-state index in [1.807, 2.05) is 12.1 Å². The van der Waals surface area contributed by atoms with Gasteiger partial charge in [0.05, 0.1) is 4.90 Å².